The van der Waals surface area contributed by atoms with Crippen LogP contribution in [0.15, 0.2) is 40.9 Å². The quantitative estimate of drug-likeness (QED) is 0.429. The number of hydrogen-bond acceptors (Lipinski definition) is 4. The molecular weight excluding hydrogens is 423 g/mol. The Hall–Kier alpha value is -1.70. The Morgan fingerprint density at radius 3 is 1.88 bits per heavy atom. The molecule has 0 atom stereocenters. The molecule has 24 heavy (non-hydrogen) atoms. The first-order valence-electron chi connectivity index (χ1n) is 6.84. The molecule has 1 aliphatic carbocycles. The molecule has 1 fully saturated rings. The van der Waals surface area contributed by atoms with Gasteiger partial charge in [0.05, 0.1) is 25.5 Å². The Kier molecular flexibility index (Phi) is 6.15. The second-order valence-electron chi connectivity index (χ2n) is 5.03. The van der Waals surface area contributed by atoms with Gasteiger partial charge < -0.3 is 0 Å². The Balaban J connectivity index is 0.000000177. The minimum absolute atomic E-state index is 0.0162. The van der Waals surface area contributed by atoms with Crippen molar-refractivity contribution in [2.24, 2.45) is 0 Å². The van der Waals surface area contributed by atoms with Gasteiger partial charge in [-0.2, -0.15) is 0 Å². The summed E-state index contributed by atoms with van der Waals surface area (Å²) < 4.78 is 0.326. The monoisotopic (exact) mass is 432 g/mol. The van der Waals surface area contributed by atoms with E-state index in [4.69, 9.17) is 23.2 Å². The van der Waals surface area contributed by atoms with E-state index in [1.165, 1.54) is 18.2 Å². The Morgan fingerprint density at radius 1 is 0.917 bits per heavy atom. The van der Waals surface area contributed by atoms with Crippen molar-refractivity contribution in [3.8, 4) is 0 Å². The summed E-state index contributed by atoms with van der Waals surface area (Å²) in [5.74, 6) is 0.314. The third kappa shape index (κ3) is 4.43. The summed E-state index contributed by atoms with van der Waals surface area (Å²) >= 11 is 14.5. The molecule has 1 saturated carbocycles. The summed E-state index contributed by atoms with van der Waals surface area (Å²) in [6, 6.07) is 9.34. The highest BCUT2D eigenvalue weighted by atomic mass is 79.9. The van der Waals surface area contributed by atoms with Gasteiger partial charge >= 0.3 is 0 Å². The van der Waals surface area contributed by atoms with Crippen molar-refractivity contribution in [3.05, 3.63) is 76.7 Å². The van der Waals surface area contributed by atoms with Crippen LogP contribution in [-0.2, 0) is 0 Å². The van der Waals surface area contributed by atoms with Crippen molar-refractivity contribution >= 4 is 50.5 Å². The van der Waals surface area contributed by atoms with Crippen LogP contribution in [0, 0.1) is 20.2 Å². The van der Waals surface area contributed by atoms with Crippen molar-refractivity contribution in [3.63, 3.8) is 0 Å². The Morgan fingerprint density at radius 2 is 1.42 bits per heavy atom. The number of rotatable bonds is 3. The van der Waals surface area contributed by atoms with Gasteiger partial charge in [0.2, 0.25) is 0 Å². The molecule has 0 spiro atoms. The van der Waals surface area contributed by atoms with Crippen LogP contribution in [0.25, 0.3) is 0 Å². The van der Waals surface area contributed by atoms with Gasteiger partial charge in [-0.3, -0.25) is 20.2 Å². The lowest BCUT2D eigenvalue weighted by Crippen LogP contribution is -1.94. The van der Waals surface area contributed by atoms with Crippen LogP contribution in [0.3, 0.4) is 0 Å². The van der Waals surface area contributed by atoms with Crippen LogP contribution in [0.1, 0.15) is 24.3 Å². The molecular formula is C15H11BrCl2N2O4. The first-order chi connectivity index (χ1) is 11.3. The van der Waals surface area contributed by atoms with Crippen LogP contribution >= 0.6 is 39.1 Å². The van der Waals surface area contributed by atoms with Gasteiger partial charge in [0, 0.05) is 12.1 Å². The van der Waals surface area contributed by atoms with Crippen molar-refractivity contribution in [1.82, 2.24) is 0 Å². The topological polar surface area (TPSA) is 86.3 Å². The first-order valence-corrected chi connectivity index (χ1v) is 8.39. The number of nitrogens with zero attached hydrogens (tertiary/aromatic N) is 2. The molecule has 2 aromatic rings. The fourth-order valence-corrected chi connectivity index (χ4v) is 3.00. The summed E-state index contributed by atoms with van der Waals surface area (Å²) in [4.78, 5) is 20.1. The number of hydrogen-bond donors (Lipinski definition) is 0. The summed E-state index contributed by atoms with van der Waals surface area (Å²) in [5, 5.41) is 21.8. The van der Waals surface area contributed by atoms with Crippen LogP contribution < -0.4 is 0 Å². The first kappa shape index (κ1) is 18.6. The summed E-state index contributed by atoms with van der Waals surface area (Å²) in [6.07, 6.45) is 2.04. The van der Waals surface area contributed by atoms with Gasteiger partial charge in [0.25, 0.3) is 11.4 Å². The normalized spacial score (nSPS) is 13.0. The predicted molar refractivity (Wildman–Crippen MR) is 95.9 cm³/mol. The highest BCUT2D eigenvalue weighted by molar-refractivity contribution is 9.10. The molecule has 0 radical (unpaired) electrons. The van der Waals surface area contributed by atoms with Gasteiger partial charge in [0.15, 0.2) is 0 Å². The van der Waals surface area contributed by atoms with Gasteiger partial charge in [-0.1, -0.05) is 35.3 Å². The lowest BCUT2D eigenvalue weighted by molar-refractivity contribution is -0.385. The van der Waals surface area contributed by atoms with Crippen molar-refractivity contribution < 1.29 is 9.85 Å². The maximum absolute atomic E-state index is 10.7. The molecule has 0 N–H and O–H groups in total. The molecule has 9 heteroatoms. The third-order valence-electron chi connectivity index (χ3n) is 3.34. The van der Waals surface area contributed by atoms with Crippen LogP contribution in [-0.4, -0.2) is 9.85 Å². The number of benzene rings is 2. The molecule has 126 valence electrons. The lowest BCUT2D eigenvalue weighted by Gasteiger charge is -2.02. The maximum Gasteiger partial charge on any atom is 0.285 e. The fourth-order valence-electron chi connectivity index (χ4n) is 2.09. The number of nitro benzene ring substituents is 2. The van der Waals surface area contributed by atoms with Crippen molar-refractivity contribution in [2.45, 2.75) is 18.8 Å². The zero-order valence-corrected chi connectivity index (χ0v) is 15.2. The highest BCUT2D eigenvalue weighted by Crippen LogP contribution is 2.47. The van der Waals surface area contributed by atoms with Gasteiger partial charge in [-0.25, -0.2) is 0 Å². The van der Waals surface area contributed by atoms with Crippen LogP contribution in [0.5, 0.6) is 0 Å². The minimum atomic E-state index is -0.490. The molecule has 3 rings (SSSR count). The molecule has 0 saturated heterocycles. The molecule has 0 aromatic heterocycles. The summed E-state index contributed by atoms with van der Waals surface area (Å²) in [6.45, 7) is 0. The smallest absolute Gasteiger partial charge is 0.258 e. The van der Waals surface area contributed by atoms with E-state index in [-0.39, 0.29) is 16.3 Å². The molecule has 1 aliphatic rings. The molecule has 0 heterocycles. The SMILES string of the molecule is O=[N+]([O-])c1cccc(Cl)c1Br.O=[N+]([O-])c1cccc(Cl)c1C1CC1. The number of halogens is 3. The predicted octanol–water partition coefficient (Wildman–Crippen LogP) is 6.14. The average Bonchev–Trinajstić information content (AvgIpc) is 3.34. The number of nitro groups is 2. The van der Waals surface area contributed by atoms with Gasteiger partial charge in [0.1, 0.15) is 4.47 Å². The van der Waals surface area contributed by atoms with E-state index in [2.05, 4.69) is 15.9 Å². The summed E-state index contributed by atoms with van der Waals surface area (Å²) in [5.41, 5.74) is 0.863. The van der Waals surface area contributed by atoms with E-state index in [0.717, 1.165) is 12.8 Å². The Labute approximate surface area is 155 Å². The maximum atomic E-state index is 10.7. The van der Waals surface area contributed by atoms with E-state index in [0.29, 0.717) is 26.0 Å². The van der Waals surface area contributed by atoms with E-state index in [1.807, 2.05) is 0 Å². The van der Waals surface area contributed by atoms with Crippen LogP contribution in [0.2, 0.25) is 10.0 Å². The van der Waals surface area contributed by atoms with Gasteiger partial charge in [-0.15, -0.1) is 0 Å². The zero-order chi connectivity index (χ0) is 17.9. The van der Waals surface area contributed by atoms with Gasteiger partial charge in [-0.05, 0) is 46.8 Å². The lowest BCUT2D eigenvalue weighted by atomic mass is 10.1. The minimum Gasteiger partial charge on any atom is -0.258 e. The van der Waals surface area contributed by atoms with E-state index in [9.17, 15) is 20.2 Å². The molecule has 0 bridgehead atoms. The van der Waals surface area contributed by atoms with Crippen molar-refractivity contribution in [1.29, 1.82) is 0 Å². The van der Waals surface area contributed by atoms with E-state index in [1.54, 1.807) is 18.2 Å². The zero-order valence-electron chi connectivity index (χ0n) is 12.1. The molecule has 6 nitrogen and oxygen atoms in total. The highest BCUT2D eigenvalue weighted by Gasteiger charge is 2.32. The largest absolute Gasteiger partial charge is 0.285 e. The summed E-state index contributed by atoms with van der Waals surface area (Å²) in [7, 11) is 0. The molecule has 0 unspecified atom stereocenters. The molecule has 2 aromatic carbocycles. The van der Waals surface area contributed by atoms with Crippen LogP contribution in [0.4, 0.5) is 11.4 Å². The van der Waals surface area contributed by atoms with E-state index < -0.39 is 4.92 Å². The Bertz CT molecular complexity index is 797. The second-order valence-corrected chi connectivity index (χ2v) is 6.64. The molecule has 0 aliphatic heterocycles. The molecule has 0 amide bonds. The standard InChI is InChI=1S/C9H8ClNO2.C6H3BrClNO2/c10-7-2-1-3-8(11(12)13)9(7)6-4-5-6;7-6-4(8)2-1-3-5(6)9(10)11/h1-3,6H,4-5H2;1-3H. The van der Waals surface area contributed by atoms with Crippen molar-refractivity contribution in [2.75, 3.05) is 0 Å². The fraction of sp³-hybridized carbons (Fsp3) is 0.200. The average molecular weight is 434 g/mol. The third-order valence-corrected chi connectivity index (χ3v) is 5.05. The second kappa shape index (κ2) is 7.92. The van der Waals surface area contributed by atoms with E-state index >= 15 is 0 Å².